The van der Waals surface area contributed by atoms with Crippen LogP contribution in [0.25, 0.3) is 10.7 Å². The minimum Gasteiger partial charge on any atom is -0.352 e. The Kier molecular flexibility index (Phi) is 4.73. The van der Waals surface area contributed by atoms with E-state index in [4.69, 9.17) is 0 Å². The second-order valence-corrected chi connectivity index (χ2v) is 5.73. The molecule has 23 heavy (non-hydrogen) atoms. The van der Waals surface area contributed by atoms with E-state index in [1.165, 1.54) is 29.5 Å². The Hall–Kier alpha value is -2.60. The summed E-state index contributed by atoms with van der Waals surface area (Å²) in [7, 11) is 0. The van der Waals surface area contributed by atoms with Crippen LogP contribution in [0, 0.1) is 5.82 Å². The van der Waals surface area contributed by atoms with Crippen LogP contribution in [-0.2, 0) is 6.42 Å². The number of halogens is 1. The lowest BCUT2D eigenvalue weighted by atomic mass is 10.2. The zero-order valence-corrected chi connectivity index (χ0v) is 13.0. The monoisotopic (exact) mass is 327 g/mol. The lowest BCUT2D eigenvalue weighted by Crippen LogP contribution is -2.25. The predicted molar refractivity (Wildman–Crippen MR) is 87.8 cm³/mol. The third-order valence-electron chi connectivity index (χ3n) is 3.19. The maximum absolute atomic E-state index is 13.1. The number of aromatic nitrogens is 2. The molecule has 0 saturated carbocycles. The van der Waals surface area contributed by atoms with Crippen molar-refractivity contribution in [2.45, 2.75) is 6.42 Å². The van der Waals surface area contributed by atoms with Gasteiger partial charge in [-0.2, -0.15) is 0 Å². The van der Waals surface area contributed by atoms with Crippen LogP contribution in [-0.4, -0.2) is 22.4 Å². The molecule has 0 bridgehead atoms. The lowest BCUT2D eigenvalue weighted by Gasteiger charge is -2.04. The zero-order chi connectivity index (χ0) is 16.1. The van der Waals surface area contributed by atoms with E-state index in [0.29, 0.717) is 18.5 Å². The Bertz CT molecular complexity index is 804. The highest BCUT2D eigenvalue weighted by Gasteiger charge is 2.08. The van der Waals surface area contributed by atoms with E-state index in [1.807, 2.05) is 23.6 Å². The Labute approximate surface area is 137 Å². The van der Waals surface area contributed by atoms with E-state index in [9.17, 15) is 9.18 Å². The Morgan fingerprint density at radius 3 is 2.91 bits per heavy atom. The first-order valence-corrected chi connectivity index (χ1v) is 8.00. The molecule has 2 aromatic heterocycles. The molecule has 6 heteroatoms. The number of amides is 1. The van der Waals surface area contributed by atoms with Crippen LogP contribution < -0.4 is 5.32 Å². The maximum Gasteiger partial charge on any atom is 0.251 e. The van der Waals surface area contributed by atoms with Crippen molar-refractivity contribution in [2.75, 3.05) is 6.54 Å². The first kappa shape index (κ1) is 15.3. The fourth-order valence-corrected chi connectivity index (χ4v) is 2.89. The molecule has 0 spiro atoms. The Balaban J connectivity index is 1.55. The van der Waals surface area contributed by atoms with Gasteiger partial charge >= 0.3 is 0 Å². The number of carbonyl (C=O) groups is 1. The van der Waals surface area contributed by atoms with Crippen LogP contribution in [0.1, 0.15) is 16.1 Å². The SMILES string of the molecule is O=C(NCCc1csc(-c2ccccn2)n1)c1cccc(F)c1. The second kappa shape index (κ2) is 7.11. The number of hydrogen-bond acceptors (Lipinski definition) is 4. The quantitative estimate of drug-likeness (QED) is 0.782. The summed E-state index contributed by atoms with van der Waals surface area (Å²) in [5.41, 5.74) is 2.06. The molecule has 0 unspecified atom stereocenters. The van der Waals surface area contributed by atoms with Crippen LogP contribution >= 0.6 is 11.3 Å². The molecule has 0 saturated heterocycles. The summed E-state index contributed by atoms with van der Waals surface area (Å²) in [6.45, 7) is 0.445. The summed E-state index contributed by atoms with van der Waals surface area (Å²) in [5, 5.41) is 5.58. The number of carbonyl (C=O) groups excluding carboxylic acids is 1. The first-order chi connectivity index (χ1) is 11.2. The molecule has 2 heterocycles. The van der Waals surface area contributed by atoms with Gasteiger partial charge in [0, 0.05) is 30.1 Å². The molecule has 0 aliphatic rings. The fraction of sp³-hybridized carbons (Fsp3) is 0.118. The van der Waals surface area contributed by atoms with Crippen molar-refractivity contribution in [3.05, 3.63) is 71.1 Å². The molecule has 1 amide bonds. The first-order valence-electron chi connectivity index (χ1n) is 7.12. The van der Waals surface area contributed by atoms with Crippen LogP contribution in [0.2, 0.25) is 0 Å². The minimum atomic E-state index is -0.419. The van der Waals surface area contributed by atoms with Crippen molar-refractivity contribution in [2.24, 2.45) is 0 Å². The second-order valence-electron chi connectivity index (χ2n) is 4.88. The van der Waals surface area contributed by atoms with Crippen molar-refractivity contribution >= 4 is 17.2 Å². The number of hydrogen-bond donors (Lipinski definition) is 1. The van der Waals surface area contributed by atoms with E-state index in [1.54, 1.807) is 12.3 Å². The van der Waals surface area contributed by atoms with Gasteiger partial charge in [0.1, 0.15) is 10.8 Å². The largest absolute Gasteiger partial charge is 0.352 e. The van der Waals surface area contributed by atoms with Crippen LogP contribution in [0.15, 0.2) is 54.0 Å². The number of thiazole rings is 1. The van der Waals surface area contributed by atoms with Crippen molar-refractivity contribution in [1.29, 1.82) is 0 Å². The average molecular weight is 327 g/mol. The molecule has 0 aliphatic heterocycles. The van der Waals surface area contributed by atoms with Gasteiger partial charge in [-0.3, -0.25) is 9.78 Å². The summed E-state index contributed by atoms with van der Waals surface area (Å²) in [4.78, 5) is 20.7. The summed E-state index contributed by atoms with van der Waals surface area (Å²) in [5.74, 6) is -0.707. The van der Waals surface area contributed by atoms with Gasteiger partial charge in [0.15, 0.2) is 0 Å². The lowest BCUT2D eigenvalue weighted by molar-refractivity contribution is 0.0953. The van der Waals surface area contributed by atoms with Gasteiger partial charge < -0.3 is 5.32 Å². The van der Waals surface area contributed by atoms with Gasteiger partial charge in [-0.25, -0.2) is 9.37 Å². The predicted octanol–water partition coefficient (Wildman–Crippen LogP) is 3.32. The number of nitrogens with one attached hydrogen (secondary N) is 1. The summed E-state index contributed by atoms with van der Waals surface area (Å²) in [6, 6.07) is 11.3. The van der Waals surface area contributed by atoms with E-state index in [0.717, 1.165) is 16.4 Å². The number of nitrogens with zero attached hydrogens (tertiary/aromatic N) is 2. The van der Waals surface area contributed by atoms with Gasteiger partial charge in [-0.05, 0) is 30.3 Å². The van der Waals surface area contributed by atoms with Gasteiger partial charge in [0.05, 0.1) is 11.4 Å². The van der Waals surface area contributed by atoms with Crippen LogP contribution in [0.4, 0.5) is 4.39 Å². The van der Waals surface area contributed by atoms with E-state index in [2.05, 4.69) is 15.3 Å². The third-order valence-corrected chi connectivity index (χ3v) is 4.10. The van der Waals surface area contributed by atoms with Gasteiger partial charge in [-0.15, -0.1) is 11.3 Å². The topological polar surface area (TPSA) is 54.9 Å². The van der Waals surface area contributed by atoms with E-state index < -0.39 is 5.82 Å². The molecule has 3 aromatic rings. The normalized spacial score (nSPS) is 10.5. The molecule has 0 aliphatic carbocycles. The highest BCUT2D eigenvalue weighted by Crippen LogP contribution is 2.21. The molecule has 1 N–H and O–H groups in total. The molecule has 0 fully saturated rings. The minimum absolute atomic E-state index is 0.287. The summed E-state index contributed by atoms with van der Waals surface area (Å²) in [6.07, 6.45) is 2.35. The van der Waals surface area contributed by atoms with Crippen LogP contribution in [0.5, 0.6) is 0 Å². The van der Waals surface area contributed by atoms with Crippen LogP contribution in [0.3, 0.4) is 0 Å². The molecular formula is C17H14FN3OS. The number of pyridine rings is 1. The molecule has 4 nitrogen and oxygen atoms in total. The zero-order valence-electron chi connectivity index (χ0n) is 12.2. The Morgan fingerprint density at radius 1 is 1.22 bits per heavy atom. The summed E-state index contributed by atoms with van der Waals surface area (Å²) < 4.78 is 13.1. The van der Waals surface area contributed by atoms with Crippen molar-refractivity contribution in [3.63, 3.8) is 0 Å². The summed E-state index contributed by atoms with van der Waals surface area (Å²) >= 11 is 1.52. The van der Waals surface area contributed by atoms with Crippen molar-refractivity contribution in [1.82, 2.24) is 15.3 Å². The molecule has 0 radical (unpaired) electrons. The maximum atomic E-state index is 13.1. The number of rotatable bonds is 5. The van der Waals surface area contributed by atoms with Gasteiger partial charge in [0.25, 0.3) is 5.91 Å². The number of benzene rings is 1. The highest BCUT2D eigenvalue weighted by atomic mass is 32.1. The fourth-order valence-electron chi connectivity index (χ4n) is 2.06. The third kappa shape index (κ3) is 3.98. The molecule has 3 rings (SSSR count). The van der Waals surface area contributed by atoms with Crippen molar-refractivity contribution in [3.8, 4) is 10.7 Å². The molecule has 116 valence electrons. The van der Waals surface area contributed by atoms with E-state index >= 15 is 0 Å². The standard InChI is InChI=1S/C17H14FN3OS/c18-13-5-3-4-12(10-13)16(22)20-9-7-14-11-23-17(21-14)15-6-1-2-8-19-15/h1-6,8,10-11H,7,9H2,(H,20,22). The molecular weight excluding hydrogens is 313 g/mol. The smallest absolute Gasteiger partial charge is 0.251 e. The molecule has 0 atom stereocenters. The molecule has 1 aromatic carbocycles. The van der Waals surface area contributed by atoms with Gasteiger partial charge in [0.2, 0.25) is 0 Å². The van der Waals surface area contributed by atoms with E-state index in [-0.39, 0.29) is 5.91 Å². The van der Waals surface area contributed by atoms with Gasteiger partial charge in [-0.1, -0.05) is 12.1 Å². The highest BCUT2D eigenvalue weighted by molar-refractivity contribution is 7.13. The Morgan fingerprint density at radius 2 is 2.13 bits per heavy atom. The average Bonchev–Trinajstić information content (AvgIpc) is 3.04. The van der Waals surface area contributed by atoms with Crippen molar-refractivity contribution < 1.29 is 9.18 Å².